The summed E-state index contributed by atoms with van der Waals surface area (Å²) in [6.45, 7) is 0. The van der Waals surface area contributed by atoms with Gasteiger partial charge in [0, 0.05) is 0 Å². The van der Waals surface area contributed by atoms with E-state index in [4.69, 9.17) is 9.84 Å². The number of nitriles is 1. The average Bonchev–Trinajstić information content (AvgIpc) is 2.54. The Kier molecular flexibility index (Phi) is 3.38. The molecule has 6 heteroatoms. The van der Waals surface area contributed by atoms with E-state index in [1.807, 2.05) is 6.07 Å². The highest BCUT2D eigenvalue weighted by Gasteiger charge is 2.15. The van der Waals surface area contributed by atoms with Gasteiger partial charge in [0.2, 0.25) is 5.69 Å². The maximum Gasteiger partial charge on any atom is 0.339 e. The van der Waals surface area contributed by atoms with E-state index in [9.17, 15) is 10.1 Å². The summed E-state index contributed by atoms with van der Waals surface area (Å²) in [5.41, 5.74) is 1.11. The smallest absolute Gasteiger partial charge is 0.339 e. The van der Waals surface area contributed by atoms with Crippen LogP contribution in [-0.2, 0) is 0 Å². The van der Waals surface area contributed by atoms with Crippen LogP contribution < -0.4 is 4.74 Å². The minimum absolute atomic E-state index is 0.00103. The van der Waals surface area contributed by atoms with Crippen LogP contribution in [-0.4, -0.2) is 21.0 Å². The third-order valence-corrected chi connectivity index (χ3v) is 2.97. The lowest BCUT2D eigenvalue weighted by Crippen LogP contribution is -2.02. The molecule has 1 aromatic heterocycles. The summed E-state index contributed by atoms with van der Waals surface area (Å²) in [7, 11) is 0. The third-order valence-electron chi connectivity index (χ3n) is 2.97. The van der Waals surface area contributed by atoms with Crippen LogP contribution in [0.5, 0.6) is 11.6 Å². The average molecular weight is 291 g/mol. The van der Waals surface area contributed by atoms with Crippen LogP contribution in [0.25, 0.3) is 11.0 Å². The van der Waals surface area contributed by atoms with E-state index in [0.29, 0.717) is 11.0 Å². The molecule has 0 saturated carbocycles. The van der Waals surface area contributed by atoms with E-state index in [-0.39, 0.29) is 22.9 Å². The predicted octanol–water partition coefficient (Wildman–Crippen LogP) is 2.99. The Morgan fingerprint density at radius 2 is 1.68 bits per heavy atom. The number of carboxylic acids is 1. The molecule has 2 aromatic carbocycles. The van der Waals surface area contributed by atoms with E-state index < -0.39 is 5.97 Å². The first-order valence-electron chi connectivity index (χ1n) is 6.36. The summed E-state index contributed by atoms with van der Waals surface area (Å²) in [5.74, 6) is -1.03. The monoisotopic (exact) mass is 291 g/mol. The molecule has 1 heterocycles. The number of fused-ring (bicyclic) bond motifs is 1. The number of rotatable bonds is 3. The van der Waals surface area contributed by atoms with Gasteiger partial charge < -0.3 is 9.84 Å². The molecule has 0 amide bonds. The molecular formula is C16H9N3O3. The summed E-state index contributed by atoms with van der Waals surface area (Å²) in [6.07, 6.45) is 0. The summed E-state index contributed by atoms with van der Waals surface area (Å²) in [4.78, 5) is 19.6. The molecule has 3 aromatic rings. The fourth-order valence-corrected chi connectivity index (χ4v) is 1.96. The van der Waals surface area contributed by atoms with Gasteiger partial charge in [0.05, 0.1) is 11.0 Å². The van der Waals surface area contributed by atoms with Gasteiger partial charge in [-0.15, -0.1) is 0 Å². The van der Waals surface area contributed by atoms with Crippen LogP contribution in [0.2, 0.25) is 0 Å². The van der Waals surface area contributed by atoms with Crippen molar-refractivity contribution in [1.29, 1.82) is 5.26 Å². The number of para-hydroxylation sites is 3. The van der Waals surface area contributed by atoms with Crippen LogP contribution in [0.3, 0.4) is 0 Å². The number of carbonyl (C=O) groups is 1. The maximum atomic E-state index is 11.2. The Morgan fingerprint density at radius 1 is 1.05 bits per heavy atom. The Bertz CT molecular complexity index is 916. The standard InChI is InChI=1S/C16H9N3O3/c17-9-13-15(19-12-7-3-2-6-11(12)18-13)22-14-8-4-1-5-10(14)16(20)21/h1-8H,(H,20,21). The summed E-state index contributed by atoms with van der Waals surface area (Å²) in [6, 6.07) is 15.1. The number of nitrogens with zero attached hydrogens (tertiary/aromatic N) is 3. The molecule has 3 rings (SSSR count). The van der Waals surface area contributed by atoms with E-state index in [1.165, 1.54) is 12.1 Å². The number of ether oxygens (including phenoxy) is 1. The molecule has 0 bridgehead atoms. The number of aromatic nitrogens is 2. The van der Waals surface area contributed by atoms with Gasteiger partial charge in [-0.3, -0.25) is 0 Å². The van der Waals surface area contributed by atoms with Gasteiger partial charge in [-0.25, -0.2) is 14.8 Å². The van der Waals surface area contributed by atoms with E-state index in [1.54, 1.807) is 36.4 Å². The fourth-order valence-electron chi connectivity index (χ4n) is 1.96. The lowest BCUT2D eigenvalue weighted by atomic mass is 10.2. The summed E-state index contributed by atoms with van der Waals surface area (Å²) in [5, 5.41) is 18.3. The zero-order valence-electron chi connectivity index (χ0n) is 11.2. The van der Waals surface area contributed by atoms with Crippen LogP contribution in [0.15, 0.2) is 48.5 Å². The van der Waals surface area contributed by atoms with Crippen molar-refractivity contribution in [3.05, 3.63) is 59.8 Å². The van der Waals surface area contributed by atoms with E-state index in [2.05, 4.69) is 9.97 Å². The molecule has 0 unspecified atom stereocenters. The van der Waals surface area contributed by atoms with Crippen LogP contribution in [0.1, 0.15) is 16.1 Å². The lowest BCUT2D eigenvalue weighted by Gasteiger charge is -2.09. The number of aromatic carboxylic acids is 1. The van der Waals surface area contributed by atoms with Crippen molar-refractivity contribution in [1.82, 2.24) is 9.97 Å². The minimum atomic E-state index is -1.12. The van der Waals surface area contributed by atoms with Crippen LogP contribution >= 0.6 is 0 Å². The molecule has 0 aliphatic heterocycles. The van der Waals surface area contributed by atoms with Crippen molar-refractivity contribution >= 4 is 17.0 Å². The fraction of sp³-hybridized carbons (Fsp3) is 0. The van der Waals surface area contributed by atoms with Crippen molar-refractivity contribution < 1.29 is 14.6 Å². The topological polar surface area (TPSA) is 96.1 Å². The molecule has 6 nitrogen and oxygen atoms in total. The molecule has 106 valence electrons. The number of hydrogen-bond acceptors (Lipinski definition) is 5. The number of carboxylic acid groups (broad SMARTS) is 1. The second-order valence-corrected chi connectivity index (χ2v) is 4.38. The Morgan fingerprint density at radius 3 is 2.36 bits per heavy atom. The molecule has 0 saturated heterocycles. The van der Waals surface area contributed by atoms with Crippen molar-refractivity contribution in [2.24, 2.45) is 0 Å². The molecule has 0 aliphatic rings. The molecule has 22 heavy (non-hydrogen) atoms. The van der Waals surface area contributed by atoms with Gasteiger partial charge in [0.25, 0.3) is 5.88 Å². The van der Waals surface area contributed by atoms with Gasteiger partial charge in [-0.05, 0) is 24.3 Å². The van der Waals surface area contributed by atoms with Crippen molar-refractivity contribution in [3.63, 3.8) is 0 Å². The molecule has 1 N–H and O–H groups in total. The zero-order valence-corrected chi connectivity index (χ0v) is 11.2. The predicted molar refractivity (Wildman–Crippen MR) is 77.7 cm³/mol. The maximum absolute atomic E-state index is 11.2. The van der Waals surface area contributed by atoms with Crippen molar-refractivity contribution in [3.8, 4) is 17.7 Å². The van der Waals surface area contributed by atoms with Crippen LogP contribution in [0.4, 0.5) is 0 Å². The quantitative estimate of drug-likeness (QED) is 0.796. The van der Waals surface area contributed by atoms with Gasteiger partial charge in [0.1, 0.15) is 17.4 Å². The normalized spacial score (nSPS) is 10.1. The van der Waals surface area contributed by atoms with E-state index >= 15 is 0 Å². The first-order chi connectivity index (χ1) is 10.7. The van der Waals surface area contributed by atoms with Gasteiger partial charge >= 0.3 is 5.97 Å². The van der Waals surface area contributed by atoms with Crippen LogP contribution in [0, 0.1) is 11.3 Å². The second-order valence-electron chi connectivity index (χ2n) is 4.38. The van der Waals surface area contributed by atoms with Crippen molar-refractivity contribution in [2.45, 2.75) is 0 Å². The lowest BCUT2D eigenvalue weighted by molar-refractivity contribution is 0.0694. The zero-order chi connectivity index (χ0) is 15.5. The van der Waals surface area contributed by atoms with Gasteiger partial charge in [-0.2, -0.15) is 5.26 Å². The molecular weight excluding hydrogens is 282 g/mol. The van der Waals surface area contributed by atoms with E-state index in [0.717, 1.165) is 0 Å². The Balaban J connectivity index is 2.11. The molecule has 0 spiro atoms. The third kappa shape index (κ3) is 2.43. The Labute approximate surface area is 125 Å². The first kappa shape index (κ1) is 13.5. The highest BCUT2D eigenvalue weighted by atomic mass is 16.5. The minimum Gasteiger partial charge on any atom is -0.478 e. The van der Waals surface area contributed by atoms with Crippen molar-refractivity contribution in [2.75, 3.05) is 0 Å². The highest BCUT2D eigenvalue weighted by Crippen LogP contribution is 2.27. The SMILES string of the molecule is N#Cc1nc2ccccc2nc1Oc1ccccc1C(=O)O. The molecule has 0 fully saturated rings. The summed E-state index contributed by atoms with van der Waals surface area (Å²) >= 11 is 0. The molecule has 0 atom stereocenters. The molecule has 0 aliphatic carbocycles. The first-order valence-corrected chi connectivity index (χ1v) is 6.36. The van der Waals surface area contributed by atoms with Gasteiger partial charge in [-0.1, -0.05) is 24.3 Å². The largest absolute Gasteiger partial charge is 0.478 e. The number of hydrogen-bond donors (Lipinski definition) is 1. The second kappa shape index (κ2) is 5.50. The highest BCUT2D eigenvalue weighted by molar-refractivity contribution is 5.91. The molecule has 0 radical (unpaired) electrons. The van der Waals surface area contributed by atoms with Gasteiger partial charge in [0.15, 0.2) is 0 Å². The Hall–Kier alpha value is -3.46. The summed E-state index contributed by atoms with van der Waals surface area (Å²) < 4.78 is 5.52. The number of benzene rings is 2.